The summed E-state index contributed by atoms with van der Waals surface area (Å²) in [6, 6.07) is 2.63. The van der Waals surface area contributed by atoms with E-state index in [1.54, 1.807) is 0 Å². The zero-order valence-corrected chi connectivity index (χ0v) is 11.1. The molecule has 0 heterocycles. The van der Waals surface area contributed by atoms with Crippen molar-refractivity contribution in [2.45, 2.75) is 38.1 Å². The first-order valence-electron chi connectivity index (χ1n) is 6.10. The van der Waals surface area contributed by atoms with Crippen LogP contribution in [0.4, 0.5) is 0 Å². The van der Waals surface area contributed by atoms with Gasteiger partial charge in [-0.2, -0.15) is 5.26 Å². The first-order chi connectivity index (χ1) is 8.03. The highest BCUT2D eigenvalue weighted by Crippen LogP contribution is 2.23. The molecule has 98 valence electrons. The number of nitrogens with one attached hydrogen (secondary N) is 2. The fraction of sp³-hybridized carbons (Fsp3) is 0.909. The van der Waals surface area contributed by atoms with Crippen molar-refractivity contribution in [3.8, 4) is 6.07 Å². The van der Waals surface area contributed by atoms with Gasteiger partial charge in [0.15, 0.2) is 0 Å². The number of sulfonamides is 1. The second kappa shape index (κ2) is 6.94. The maximum Gasteiger partial charge on any atom is 0.208 e. The van der Waals surface area contributed by atoms with Crippen molar-refractivity contribution in [1.29, 1.82) is 5.26 Å². The molecule has 0 bridgehead atoms. The lowest BCUT2D eigenvalue weighted by Gasteiger charge is -2.27. The summed E-state index contributed by atoms with van der Waals surface area (Å²) in [7, 11) is -3.08. The third kappa shape index (κ3) is 6.01. The predicted octanol–water partition coefficient (Wildman–Crippen LogP) is 0.598. The topological polar surface area (TPSA) is 82.0 Å². The Hall–Kier alpha value is -0.640. The average Bonchev–Trinajstić information content (AvgIpc) is 2.27. The molecule has 2 atom stereocenters. The lowest BCUT2D eigenvalue weighted by atomic mass is 9.85. The normalized spacial score (nSPS) is 25.4. The molecular weight excluding hydrogens is 238 g/mol. The molecule has 1 aliphatic rings. The second-order valence-corrected chi connectivity index (χ2v) is 6.43. The second-order valence-electron chi connectivity index (χ2n) is 4.60. The highest BCUT2D eigenvalue weighted by atomic mass is 32.2. The maximum atomic E-state index is 10.8. The van der Waals surface area contributed by atoms with Gasteiger partial charge in [-0.05, 0) is 25.8 Å². The number of nitrogens with zero attached hydrogens (tertiary/aromatic N) is 1. The Kier molecular flexibility index (Phi) is 5.89. The van der Waals surface area contributed by atoms with Gasteiger partial charge in [0, 0.05) is 12.6 Å². The summed E-state index contributed by atoms with van der Waals surface area (Å²) in [6.45, 7) is 1.21. The van der Waals surface area contributed by atoms with Gasteiger partial charge in [-0.1, -0.05) is 12.8 Å². The van der Waals surface area contributed by atoms with Crippen LogP contribution in [0.2, 0.25) is 0 Å². The van der Waals surface area contributed by atoms with Gasteiger partial charge in [-0.15, -0.1) is 0 Å². The van der Waals surface area contributed by atoms with Crippen LogP contribution in [-0.4, -0.2) is 33.8 Å². The van der Waals surface area contributed by atoms with E-state index in [2.05, 4.69) is 16.1 Å². The van der Waals surface area contributed by atoms with Crippen LogP contribution >= 0.6 is 0 Å². The van der Waals surface area contributed by atoms with Gasteiger partial charge in [0.25, 0.3) is 0 Å². The number of nitriles is 1. The molecule has 1 fully saturated rings. The highest BCUT2D eigenvalue weighted by molar-refractivity contribution is 7.88. The summed E-state index contributed by atoms with van der Waals surface area (Å²) in [6.07, 6.45) is 6.27. The molecule has 0 aliphatic heterocycles. The van der Waals surface area contributed by atoms with E-state index in [9.17, 15) is 8.42 Å². The Labute approximate surface area is 104 Å². The summed E-state index contributed by atoms with van der Waals surface area (Å²) in [5.74, 6) is 0.117. The first kappa shape index (κ1) is 14.4. The van der Waals surface area contributed by atoms with Crippen molar-refractivity contribution in [3.05, 3.63) is 0 Å². The Morgan fingerprint density at radius 2 is 2.00 bits per heavy atom. The van der Waals surface area contributed by atoms with E-state index in [0.29, 0.717) is 6.54 Å². The molecule has 1 saturated carbocycles. The van der Waals surface area contributed by atoms with E-state index >= 15 is 0 Å². The molecule has 0 aromatic rings. The van der Waals surface area contributed by atoms with Crippen LogP contribution in [0.1, 0.15) is 32.1 Å². The Morgan fingerprint density at radius 1 is 1.29 bits per heavy atom. The van der Waals surface area contributed by atoms with E-state index < -0.39 is 10.0 Å². The van der Waals surface area contributed by atoms with Gasteiger partial charge >= 0.3 is 0 Å². The minimum absolute atomic E-state index is 0.117. The minimum Gasteiger partial charge on any atom is -0.313 e. The summed E-state index contributed by atoms with van der Waals surface area (Å²) in [5, 5.41) is 12.3. The van der Waals surface area contributed by atoms with Gasteiger partial charge in [0.1, 0.15) is 0 Å². The van der Waals surface area contributed by atoms with Gasteiger partial charge in [-0.3, -0.25) is 0 Å². The molecule has 0 aromatic carbocycles. The molecule has 0 aromatic heterocycles. The van der Waals surface area contributed by atoms with Gasteiger partial charge in [0.05, 0.1) is 18.2 Å². The molecular formula is C11H21N3O2S. The van der Waals surface area contributed by atoms with Crippen LogP contribution in [0.5, 0.6) is 0 Å². The van der Waals surface area contributed by atoms with Crippen molar-refractivity contribution in [1.82, 2.24) is 10.0 Å². The predicted molar refractivity (Wildman–Crippen MR) is 66.8 cm³/mol. The molecule has 1 rings (SSSR count). The smallest absolute Gasteiger partial charge is 0.208 e. The molecule has 2 unspecified atom stereocenters. The summed E-state index contributed by atoms with van der Waals surface area (Å²) < 4.78 is 24.1. The molecule has 0 saturated heterocycles. The maximum absolute atomic E-state index is 10.8. The van der Waals surface area contributed by atoms with E-state index in [0.717, 1.165) is 38.5 Å². The van der Waals surface area contributed by atoms with Crippen LogP contribution in [0.3, 0.4) is 0 Å². The fourth-order valence-corrected chi connectivity index (χ4v) is 2.68. The molecule has 5 nitrogen and oxygen atoms in total. The third-order valence-corrected chi connectivity index (χ3v) is 3.78. The molecule has 0 spiro atoms. The summed E-state index contributed by atoms with van der Waals surface area (Å²) in [4.78, 5) is 0. The lowest BCUT2D eigenvalue weighted by molar-refractivity contribution is 0.312. The van der Waals surface area contributed by atoms with Crippen molar-refractivity contribution >= 4 is 10.0 Å². The number of rotatable bonds is 6. The first-order valence-corrected chi connectivity index (χ1v) is 8.00. The van der Waals surface area contributed by atoms with Gasteiger partial charge in [-0.25, -0.2) is 13.1 Å². The Morgan fingerprint density at radius 3 is 2.65 bits per heavy atom. The van der Waals surface area contributed by atoms with Crippen molar-refractivity contribution in [2.24, 2.45) is 5.92 Å². The fourth-order valence-electron chi connectivity index (χ4n) is 2.16. The standard InChI is InChI=1S/C11H21N3O2S/c1-17(15,16)14-8-4-7-13-11-6-3-2-5-10(11)9-12/h10-11,13-14H,2-8H2,1H3. The van der Waals surface area contributed by atoms with Crippen LogP contribution in [0.15, 0.2) is 0 Å². The third-order valence-electron chi connectivity index (χ3n) is 3.06. The Balaban J connectivity index is 2.15. The zero-order chi connectivity index (χ0) is 12.7. The van der Waals surface area contributed by atoms with E-state index in [1.165, 1.54) is 6.42 Å². The summed E-state index contributed by atoms with van der Waals surface area (Å²) in [5.41, 5.74) is 0. The summed E-state index contributed by atoms with van der Waals surface area (Å²) >= 11 is 0. The monoisotopic (exact) mass is 259 g/mol. The lowest BCUT2D eigenvalue weighted by Crippen LogP contribution is -2.39. The van der Waals surface area contributed by atoms with E-state index in [1.807, 2.05) is 0 Å². The average molecular weight is 259 g/mol. The van der Waals surface area contributed by atoms with Crippen LogP contribution in [-0.2, 0) is 10.0 Å². The van der Waals surface area contributed by atoms with E-state index in [4.69, 9.17) is 5.26 Å². The number of hydrogen-bond acceptors (Lipinski definition) is 4. The molecule has 1 aliphatic carbocycles. The van der Waals surface area contributed by atoms with Crippen LogP contribution in [0, 0.1) is 17.2 Å². The Bertz CT molecular complexity index is 361. The molecule has 0 radical (unpaired) electrons. The van der Waals surface area contributed by atoms with Gasteiger partial charge in [0.2, 0.25) is 10.0 Å². The van der Waals surface area contributed by atoms with Crippen molar-refractivity contribution < 1.29 is 8.42 Å². The molecule has 0 amide bonds. The quantitative estimate of drug-likeness (QED) is 0.684. The molecule has 6 heteroatoms. The number of hydrogen-bond donors (Lipinski definition) is 2. The largest absolute Gasteiger partial charge is 0.313 e. The van der Waals surface area contributed by atoms with Crippen LogP contribution < -0.4 is 10.0 Å². The van der Waals surface area contributed by atoms with Gasteiger partial charge < -0.3 is 5.32 Å². The van der Waals surface area contributed by atoms with Crippen molar-refractivity contribution in [3.63, 3.8) is 0 Å². The highest BCUT2D eigenvalue weighted by Gasteiger charge is 2.23. The molecule has 2 N–H and O–H groups in total. The minimum atomic E-state index is -3.08. The van der Waals surface area contributed by atoms with E-state index in [-0.39, 0.29) is 12.0 Å². The van der Waals surface area contributed by atoms with Crippen molar-refractivity contribution in [2.75, 3.05) is 19.3 Å². The molecule has 17 heavy (non-hydrogen) atoms. The zero-order valence-electron chi connectivity index (χ0n) is 10.3. The van der Waals surface area contributed by atoms with Crippen LogP contribution in [0.25, 0.3) is 0 Å². The SMILES string of the molecule is CS(=O)(=O)NCCCNC1CCCCC1C#N.